The molecule has 0 saturated heterocycles. The zero-order valence-electron chi connectivity index (χ0n) is 7.07. The summed E-state index contributed by atoms with van der Waals surface area (Å²) >= 11 is 0. The predicted octanol–water partition coefficient (Wildman–Crippen LogP) is 1.81. The van der Waals surface area contributed by atoms with Crippen molar-refractivity contribution in [3.05, 3.63) is 40.2 Å². The van der Waals surface area contributed by atoms with Crippen LogP contribution in [0.4, 0.5) is 0 Å². The van der Waals surface area contributed by atoms with Gasteiger partial charge >= 0.3 is 5.63 Å². The molecule has 0 aliphatic rings. The minimum Gasteiger partial charge on any atom is -0.508 e. The Bertz CT molecular complexity index is 511. The number of fused-ring (bicyclic) bond motifs is 1. The van der Waals surface area contributed by atoms with Gasteiger partial charge in [-0.25, -0.2) is 4.79 Å². The third kappa shape index (κ3) is 1.28. The second-order valence-electron chi connectivity index (χ2n) is 2.93. The molecule has 0 unspecified atom stereocenters. The summed E-state index contributed by atoms with van der Waals surface area (Å²) in [5.74, 6) is 0.111. The Morgan fingerprint density at radius 1 is 1.31 bits per heavy atom. The van der Waals surface area contributed by atoms with E-state index in [9.17, 15) is 9.90 Å². The third-order valence-electron chi connectivity index (χ3n) is 1.93. The fraction of sp³-hybridized carbons (Fsp3) is 0.100. The largest absolute Gasteiger partial charge is 0.508 e. The highest BCUT2D eigenvalue weighted by molar-refractivity contribution is 5.81. The van der Waals surface area contributed by atoms with Gasteiger partial charge in [-0.05, 0) is 24.6 Å². The van der Waals surface area contributed by atoms with E-state index in [1.165, 1.54) is 12.1 Å². The first-order chi connectivity index (χ1) is 6.16. The molecule has 0 bridgehead atoms. The molecule has 1 aromatic carbocycles. The average molecular weight is 176 g/mol. The highest BCUT2D eigenvalue weighted by Crippen LogP contribution is 2.22. The van der Waals surface area contributed by atoms with Crippen LogP contribution in [0.15, 0.2) is 33.5 Å². The van der Waals surface area contributed by atoms with E-state index >= 15 is 0 Å². The molecule has 1 N–H and O–H groups in total. The van der Waals surface area contributed by atoms with Crippen LogP contribution in [-0.4, -0.2) is 5.11 Å². The standard InChI is InChI=1S/C10H8O3/c1-6-4-7(11)5-9-8(6)2-3-10(12)13-9/h2-5,11H,1H3. The van der Waals surface area contributed by atoms with Gasteiger partial charge in [0.05, 0.1) is 0 Å². The first-order valence-electron chi connectivity index (χ1n) is 3.90. The van der Waals surface area contributed by atoms with E-state index in [4.69, 9.17) is 4.42 Å². The van der Waals surface area contributed by atoms with Crippen LogP contribution in [0.3, 0.4) is 0 Å². The Morgan fingerprint density at radius 2 is 2.08 bits per heavy atom. The van der Waals surface area contributed by atoms with Crippen LogP contribution in [0.5, 0.6) is 5.75 Å². The van der Waals surface area contributed by atoms with Gasteiger partial charge in [0, 0.05) is 17.5 Å². The number of benzene rings is 1. The van der Waals surface area contributed by atoms with Crippen molar-refractivity contribution < 1.29 is 9.52 Å². The maximum absolute atomic E-state index is 10.9. The average Bonchev–Trinajstić information content (AvgIpc) is 2.02. The lowest BCUT2D eigenvalue weighted by molar-refractivity contribution is 0.472. The molecule has 0 radical (unpaired) electrons. The highest BCUT2D eigenvalue weighted by Gasteiger charge is 2.01. The predicted molar refractivity (Wildman–Crippen MR) is 48.9 cm³/mol. The van der Waals surface area contributed by atoms with E-state index in [0.29, 0.717) is 5.58 Å². The van der Waals surface area contributed by atoms with Crippen molar-refractivity contribution in [2.45, 2.75) is 6.92 Å². The zero-order valence-corrected chi connectivity index (χ0v) is 7.07. The monoisotopic (exact) mass is 176 g/mol. The fourth-order valence-corrected chi connectivity index (χ4v) is 1.34. The van der Waals surface area contributed by atoms with Crippen molar-refractivity contribution in [2.75, 3.05) is 0 Å². The van der Waals surface area contributed by atoms with Gasteiger partial charge in [-0.3, -0.25) is 0 Å². The van der Waals surface area contributed by atoms with Crippen LogP contribution in [0, 0.1) is 6.92 Å². The maximum atomic E-state index is 10.9. The normalized spacial score (nSPS) is 10.5. The first-order valence-corrected chi connectivity index (χ1v) is 3.90. The fourth-order valence-electron chi connectivity index (χ4n) is 1.34. The van der Waals surface area contributed by atoms with Gasteiger partial charge in [-0.2, -0.15) is 0 Å². The van der Waals surface area contributed by atoms with Crippen molar-refractivity contribution in [3.8, 4) is 5.75 Å². The molecule has 2 rings (SSSR count). The topological polar surface area (TPSA) is 50.4 Å². The summed E-state index contributed by atoms with van der Waals surface area (Å²) in [5, 5.41) is 10.1. The quantitative estimate of drug-likeness (QED) is 0.623. The van der Waals surface area contributed by atoms with E-state index in [2.05, 4.69) is 0 Å². The summed E-state index contributed by atoms with van der Waals surface area (Å²) in [6, 6.07) is 6.12. The number of aryl methyl sites for hydroxylation is 1. The number of rotatable bonds is 0. The van der Waals surface area contributed by atoms with Crippen LogP contribution in [0.25, 0.3) is 11.0 Å². The molecule has 0 saturated carbocycles. The summed E-state index contributed by atoms with van der Waals surface area (Å²) in [6.07, 6.45) is 0. The molecule has 1 aromatic heterocycles. The maximum Gasteiger partial charge on any atom is 0.336 e. The Balaban J connectivity index is 2.94. The summed E-state index contributed by atoms with van der Waals surface area (Å²) in [4.78, 5) is 10.9. The van der Waals surface area contributed by atoms with E-state index < -0.39 is 5.63 Å². The molecular weight excluding hydrogens is 168 g/mol. The Labute approximate surface area is 74.2 Å². The number of phenols is 1. The molecule has 0 amide bonds. The van der Waals surface area contributed by atoms with Crippen molar-refractivity contribution in [2.24, 2.45) is 0 Å². The Morgan fingerprint density at radius 3 is 2.85 bits per heavy atom. The van der Waals surface area contributed by atoms with Gasteiger partial charge in [0.15, 0.2) is 0 Å². The van der Waals surface area contributed by atoms with Crippen LogP contribution in [0.2, 0.25) is 0 Å². The van der Waals surface area contributed by atoms with Gasteiger partial charge in [0.25, 0.3) is 0 Å². The van der Waals surface area contributed by atoms with E-state index in [1.807, 2.05) is 6.92 Å². The van der Waals surface area contributed by atoms with E-state index in [0.717, 1.165) is 10.9 Å². The smallest absolute Gasteiger partial charge is 0.336 e. The second kappa shape index (κ2) is 2.62. The van der Waals surface area contributed by atoms with Crippen LogP contribution in [-0.2, 0) is 0 Å². The lowest BCUT2D eigenvalue weighted by Crippen LogP contribution is -1.94. The van der Waals surface area contributed by atoms with Crippen LogP contribution >= 0.6 is 0 Å². The summed E-state index contributed by atoms with van der Waals surface area (Å²) in [5.41, 5.74) is 0.904. The number of phenolic OH excluding ortho intramolecular Hbond substituents is 1. The first kappa shape index (κ1) is 7.86. The van der Waals surface area contributed by atoms with Crippen LogP contribution in [0.1, 0.15) is 5.56 Å². The molecular formula is C10H8O3. The van der Waals surface area contributed by atoms with Gasteiger partial charge < -0.3 is 9.52 Å². The molecule has 3 heteroatoms. The Hall–Kier alpha value is -1.77. The number of hydrogen-bond donors (Lipinski definition) is 1. The zero-order chi connectivity index (χ0) is 9.42. The van der Waals surface area contributed by atoms with Crippen molar-refractivity contribution >= 4 is 11.0 Å². The summed E-state index contributed by atoms with van der Waals surface area (Å²) in [7, 11) is 0. The van der Waals surface area contributed by atoms with Crippen molar-refractivity contribution in [1.82, 2.24) is 0 Å². The molecule has 2 aromatic rings. The molecule has 0 fully saturated rings. The Kier molecular flexibility index (Phi) is 1.59. The molecule has 1 heterocycles. The number of hydrogen-bond acceptors (Lipinski definition) is 3. The minimum atomic E-state index is -0.405. The molecule has 0 aliphatic carbocycles. The highest BCUT2D eigenvalue weighted by atomic mass is 16.4. The SMILES string of the molecule is Cc1cc(O)cc2oc(=O)ccc12. The minimum absolute atomic E-state index is 0.111. The lowest BCUT2D eigenvalue weighted by atomic mass is 10.1. The second-order valence-corrected chi connectivity index (χ2v) is 2.93. The lowest BCUT2D eigenvalue weighted by Gasteiger charge is -2.00. The van der Waals surface area contributed by atoms with Gasteiger partial charge in [-0.15, -0.1) is 0 Å². The molecule has 0 atom stereocenters. The summed E-state index contributed by atoms with van der Waals surface area (Å²) in [6.45, 7) is 1.85. The molecule has 0 spiro atoms. The molecule has 3 nitrogen and oxygen atoms in total. The molecule has 0 aliphatic heterocycles. The van der Waals surface area contributed by atoms with E-state index in [-0.39, 0.29) is 5.75 Å². The van der Waals surface area contributed by atoms with E-state index in [1.54, 1.807) is 12.1 Å². The van der Waals surface area contributed by atoms with Gasteiger partial charge in [0.1, 0.15) is 11.3 Å². The third-order valence-corrected chi connectivity index (χ3v) is 1.93. The summed E-state index contributed by atoms with van der Waals surface area (Å²) < 4.78 is 4.91. The molecule has 66 valence electrons. The van der Waals surface area contributed by atoms with Crippen molar-refractivity contribution in [1.29, 1.82) is 0 Å². The van der Waals surface area contributed by atoms with Crippen LogP contribution < -0.4 is 5.63 Å². The number of aromatic hydroxyl groups is 1. The molecule has 13 heavy (non-hydrogen) atoms. The van der Waals surface area contributed by atoms with Gasteiger partial charge in [-0.1, -0.05) is 0 Å². The van der Waals surface area contributed by atoms with Crippen molar-refractivity contribution in [3.63, 3.8) is 0 Å². The van der Waals surface area contributed by atoms with Gasteiger partial charge in [0.2, 0.25) is 0 Å².